The molecule has 1 aromatic rings. The van der Waals surface area contributed by atoms with E-state index in [0.717, 1.165) is 5.56 Å². The molecule has 3 fully saturated rings. The smallest absolute Gasteiger partial charge is 0.161 e. The Morgan fingerprint density at radius 2 is 1.47 bits per heavy atom. The van der Waals surface area contributed by atoms with E-state index in [1.807, 2.05) is 37.3 Å². The van der Waals surface area contributed by atoms with Crippen LogP contribution in [0.15, 0.2) is 30.3 Å². The average Bonchev–Trinajstić information content (AvgIpc) is 2.81. The largest absolute Gasteiger partial charge is 0.390 e. The molecule has 1 aromatic carbocycles. The lowest BCUT2D eigenvalue weighted by molar-refractivity contribution is -0.328. The highest BCUT2D eigenvalue weighted by molar-refractivity contribution is 5.13. The first-order valence-electron chi connectivity index (χ1n) is 12.3. The molecule has 0 aromatic heterocycles. The highest BCUT2D eigenvalue weighted by Gasteiger charge is 2.43. The van der Waals surface area contributed by atoms with Gasteiger partial charge in [-0.3, -0.25) is 0 Å². The Morgan fingerprint density at radius 1 is 0.765 bits per heavy atom. The minimum Gasteiger partial charge on any atom is -0.390 e. The summed E-state index contributed by atoms with van der Waals surface area (Å²) in [5.74, 6) is 0. The van der Waals surface area contributed by atoms with Crippen LogP contribution < -0.4 is 0 Å². The molecule has 9 heteroatoms. The van der Waals surface area contributed by atoms with Crippen LogP contribution in [-0.4, -0.2) is 83.0 Å². The highest BCUT2D eigenvalue weighted by Crippen LogP contribution is 2.31. The number of ether oxygens (including phenoxy) is 6. The van der Waals surface area contributed by atoms with Crippen LogP contribution in [0, 0.1) is 0 Å². The van der Waals surface area contributed by atoms with Gasteiger partial charge in [0.15, 0.2) is 18.9 Å². The lowest BCUT2D eigenvalue weighted by Gasteiger charge is -2.44. The maximum Gasteiger partial charge on any atom is 0.161 e. The van der Waals surface area contributed by atoms with E-state index in [4.69, 9.17) is 28.4 Å². The Kier molecular flexibility index (Phi) is 8.95. The first kappa shape index (κ1) is 25.9. The SMILES string of the molecule is C[C@@H]1O[C@@H](O[C@@H]2C[C@H](O[C@H]3[C@H](O)C[C@H](OCc4ccccc4)O[C@@H]3C)O[C@H](C)[C@H]2O)CC[C@@H]1O. The van der Waals surface area contributed by atoms with Gasteiger partial charge in [-0.2, -0.15) is 0 Å². The fourth-order valence-corrected chi connectivity index (χ4v) is 4.73. The number of benzene rings is 1. The second-order valence-electron chi connectivity index (χ2n) is 9.56. The zero-order valence-electron chi connectivity index (χ0n) is 20.1. The van der Waals surface area contributed by atoms with Gasteiger partial charge >= 0.3 is 0 Å². The average molecular weight is 483 g/mol. The van der Waals surface area contributed by atoms with Crippen molar-refractivity contribution in [1.29, 1.82) is 0 Å². The summed E-state index contributed by atoms with van der Waals surface area (Å²) in [5.41, 5.74) is 1.03. The maximum atomic E-state index is 10.8. The lowest BCUT2D eigenvalue weighted by Crippen LogP contribution is -2.55. The van der Waals surface area contributed by atoms with Crippen molar-refractivity contribution >= 4 is 0 Å². The third-order valence-corrected chi connectivity index (χ3v) is 6.82. The van der Waals surface area contributed by atoms with Gasteiger partial charge in [0.2, 0.25) is 0 Å². The lowest BCUT2D eigenvalue weighted by atomic mass is 10.00. The van der Waals surface area contributed by atoms with Crippen LogP contribution in [-0.2, 0) is 35.0 Å². The zero-order valence-corrected chi connectivity index (χ0v) is 20.1. The van der Waals surface area contributed by atoms with E-state index in [1.54, 1.807) is 13.8 Å². The van der Waals surface area contributed by atoms with E-state index in [1.165, 1.54) is 0 Å². The van der Waals surface area contributed by atoms with E-state index in [9.17, 15) is 15.3 Å². The van der Waals surface area contributed by atoms with Crippen molar-refractivity contribution in [2.75, 3.05) is 0 Å². The monoisotopic (exact) mass is 482 g/mol. The summed E-state index contributed by atoms with van der Waals surface area (Å²) in [6.07, 6.45) is -4.59. The summed E-state index contributed by atoms with van der Waals surface area (Å²) in [4.78, 5) is 0. The molecular weight excluding hydrogens is 444 g/mol. The fourth-order valence-electron chi connectivity index (χ4n) is 4.73. The van der Waals surface area contributed by atoms with Crippen LogP contribution in [0.25, 0.3) is 0 Å². The minimum absolute atomic E-state index is 0.281. The van der Waals surface area contributed by atoms with Crippen molar-refractivity contribution in [3.8, 4) is 0 Å². The molecule has 9 nitrogen and oxygen atoms in total. The molecule has 3 heterocycles. The van der Waals surface area contributed by atoms with Crippen LogP contribution in [0.3, 0.4) is 0 Å². The van der Waals surface area contributed by atoms with Crippen molar-refractivity contribution in [2.45, 2.75) is 121 Å². The Hall–Kier alpha value is -1.14. The first-order valence-corrected chi connectivity index (χ1v) is 12.3. The fraction of sp³-hybridized carbons (Fsp3) is 0.760. The maximum absolute atomic E-state index is 10.8. The third-order valence-electron chi connectivity index (χ3n) is 6.82. The van der Waals surface area contributed by atoms with Crippen molar-refractivity contribution in [2.24, 2.45) is 0 Å². The van der Waals surface area contributed by atoms with Gasteiger partial charge in [-0.15, -0.1) is 0 Å². The van der Waals surface area contributed by atoms with E-state index in [0.29, 0.717) is 19.4 Å². The van der Waals surface area contributed by atoms with Gasteiger partial charge in [0.1, 0.15) is 12.2 Å². The number of aliphatic hydroxyl groups is 3. The van der Waals surface area contributed by atoms with E-state index >= 15 is 0 Å². The van der Waals surface area contributed by atoms with Crippen LogP contribution >= 0.6 is 0 Å². The quantitative estimate of drug-likeness (QED) is 0.535. The third kappa shape index (κ3) is 6.54. The molecule has 3 N–H and O–H groups in total. The molecule has 192 valence electrons. The molecule has 0 aliphatic carbocycles. The molecule has 0 radical (unpaired) electrons. The van der Waals surface area contributed by atoms with Crippen LogP contribution in [0.4, 0.5) is 0 Å². The van der Waals surface area contributed by atoms with Gasteiger partial charge in [-0.25, -0.2) is 0 Å². The zero-order chi connectivity index (χ0) is 24.2. The summed E-state index contributed by atoms with van der Waals surface area (Å²) < 4.78 is 35.6. The Morgan fingerprint density at radius 3 is 2.18 bits per heavy atom. The molecule has 0 bridgehead atoms. The Labute approximate surface area is 200 Å². The number of rotatable bonds is 7. The van der Waals surface area contributed by atoms with E-state index in [-0.39, 0.29) is 18.9 Å². The van der Waals surface area contributed by atoms with Gasteiger partial charge < -0.3 is 43.7 Å². The standard InChI is InChI=1S/C25H38O9/c1-14-18(26)9-10-21(30-14)33-20-12-23(31-15(2)24(20)28)34-25-16(3)32-22(11-19(25)27)29-13-17-7-5-4-6-8-17/h4-8,14-16,18-28H,9-13H2,1-3H3/t14-,15+,16+,18-,19+,20+,21-,22+,23-,24+,25+/m0/s1. The van der Waals surface area contributed by atoms with Crippen LogP contribution in [0.2, 0.25) is 0 Å². The number of hydrogen-bond donors (Lipinski definition) is 3. The van der Waals surface area contributed by atoms with Gasteiger partial charge in [0, 0.05) is 19.3 Å². The molecule has 3 aliphatic rings. The molecule has 4 rings (SSSR count). The van der Waals surface area contributed by atoms with Crippen molar-refractivity contribution in [3.05, 3.63) is 35.9 Å². The van der Waals surface area contributed by atoms with Gasteiger partial charge in [0.05, 0.1) is 43.2 Å². The van der Waals surface area contributed by atoms with E-state index in [2.05, 4.69) is 0 Å². The van der Waals surface area contributed by atoms with Crippen molar-refractivity contribution < 1.29 is 43.7 Å². The number of hydrogen-bond acceptors (Lipinski definition) is 9. The predicted octanol–water partition coefficient (Wildman–Crippen LogP) is 1.85. The highest BCUT2D eigenvalue weighted by atomic mass is 16.7. The summed E-state index contributed by atoms with van der Waals surface area (Å²) >= 11 is 0. The van der Waals surface area contributed by atoms with E-state index < -0.39 is 61.6 Å². The van der Waals surface area contributed by atoms with Gasteiger partial charge in [-0.05, 0) is 32.8 Å². The Balaban J connectivity index is 1.29. The second-order valence-corrected chi connectivity index (χ2v) is 9.56. The second kappa shape index (κ2) is 11.7. The molecule has 0 unspecified atom stereocenters. The molecule has 0 amide bonds. The number of aliphatic hydroxyl groups excluding tert-OH is 3. The van der Waals surface area contributed by atoms with Crippen molar-refractivity contribution in [1.82, 2.24) is 0 Å². The summed E-state index contributed by atoms with van der Waals surface area (Å²) in [6.45, 7) is 5.80. The van der Waals surface area contributed by atoms with Crippen molar-refractivity contribution in [3.63, 3.8) is 0 Å². The molecule has 0 spiro atoms. The predicted molar refractivity (Wildman–Crippen MR) is 120 cm³/mol. The van der Waals surface area contributed by atoms with Crippen LogP contribution in [0.5, 0.6) is 0 Å². The molecule has 3 aliphatic heterocycles. The molecule has 0 saturated carbocycles. The topological polar surface area (TPSA) is 116 Å². The van der Waals surface area contributed by atoms with Crippen LogP contribution in [0.1, 0.15) is 52.0 Å². The molecule has 3 saturated heterocycles. The summed E-state index contributed by atoms with van der Waals surface area (Å²) in [7, 11) is 0. The normalized spacial score (nSPS) is 43.5. The molecule has 34 heavy (non-hydrogen) atoms. The minimum atomic E-state index is -0.841. The molecular formula is C25H38O9. The van der Waals surface area contributed by atoms with Gasteiger partial charge in [0.25, 0.3) is 0 Å². The summed E-state index contributed by atoms with van der Waals surface area (Å²) in [5, 5.41) is 31.2. The van der Waals surface area contributed by atoms with Gasteiger partial charge in [-0.1, -0.05) is 30.3 Å². The molecule has 11 atom stereocenters. The summed E-state index contributed by atoms with van der Waals surface area (Å²) in [6, 6.07) is 9.80. The first-order chi connectivity index (χ1) is 16.3. The Bertz CT molecular complexity index is 737.